The summed E-state index contributed by atoms with van der Waals surface area (Å²) in [5.41, 5.74) is 0. The summed E-state index contributed by atoms with van der Waals surface area (Å²) >= 11 is 5.99. The number of rotatable bonds is 6. The minimum absolute atomic E-state index is 0.0151. The third kappa shape index (κ3) is 4.96. The Labute approximate surface area is 204 Å². The zero-order valence-electron chi connectivity index (χ0n) is 19.2. The van der Waals surface area contributed by atoms with Gasteiger partial charge in [0.05, 0.1) is 4.90 Å². The molecule has 2 amide bonds. The van der Waals surface area contributed by atoms with Gasteiger partial charge in [-0.2, -0.15) is 4.72 Å². The maximum absolute atomic E-state index is 13.0. The summed E-state index contributed by atoms with van der Waals surface area (Å²) in [5.74, 6) is -0.457. The molecule has 1 N–H and O–H groups in total. The van der Waals surface area contributed by atoms with Crippen molar-refractivity contribution in [3.8, 4) is 0 Å². The summed E-state index contributed by atoms with van der Waals surface area (Å²) in [5, 5.41) is 2.10. The number of halogens is 1. The highest BCUT2D eigenvalue weighted by Crippen LogP contribution is 2.25. The van der Waals surface area contributed by atoms with Gasteiger partial charge in [-0.3, -0.25) is 14.4 Å². The van der Waals surface area contributed by atoms with E-state index in [9.17, 15) is 22.8 Å². The van der Waals surface area contributed by atoms with Gasteiger partial charge in [0.2, 0.25) is 21.8 Å². The first kappa shape index (κ1) is 24.6. The Balaban J connectivity index is 1.41. The van der Waals surface area contributed by atoms with Crippen LogP contribution in [0.3, 0.4) is 0 Å². The van der Waals surface area contributed by atoms with E-state index < -0.39 is 28.0 Å². The number of sulfonamides is 1. The van der Waals surface area contributed by atoms with Crippen LogP contribution in [-0.4, -0.2) is 67.5 Å². The Bertz CT molecular complexity index is 1240. The summed E-state index contributed by atoms with van der Waals surface area (Å²) in [7, 11) is -3.94. The number of ketones is 1. The van der Waals surface area contributed by atoms with Gasteiger partial charge in [-0.25, -0.2) is 8.42 Å². The smallest absolute Gasteiger partial charge is 0.245 e. The third-order valence-corrected chi connectivity index (χ3v) is 8.53. The Kier molecular flexibility index (Phi) is 6.98. The van der Waals surface area contributed by atoms with E-state index in [1.54, 1.807) is 49.1 Å². The number of carbonyl (C=O) groups is 3. The predicted octanol–water partition coefficient (Wildman–Crippen LogP) is 2.59. The quantitative estimate of drug-likeness (QED) is 0.650. The van der Waals surface area contributed by atoms with Crippen LogP contribution in [0.4, 0.5) is 0 Å². The lowest BCUT2D eigenvalue weighted by Crippen LogP contribution is -2.52. The van der Waals surface area contributed by atoms with E-state index in [1.165, 1.54) is 11.0 Å². The molecule has 0 aromatic heterocycles. The molecule has 2 aliphatic rings. The van der Waals surface area contributed by atoms with Gasteiger partial charge in [-0.15, -0.1) is 0 Å². The number of benzene rings is 2. The highest BCUT2D eigenvalue weighted by molar-refractivity contribution is 7.89. The monoisotopic (exact) mass is 505 g/mol. The lowest BCUT2D eigenvalue weighted by molar-refractivity contribution is -0.144. The van der Waals surface area contributed by atoms with E-state index >= 15 is 0 Å². The van der Waals surface area contributed by atoms with Gasteiger partial charge in [0.1, 0.15) is 17.9 Å². The third-order valence-electron chi connectivity index (χ3n) is 6.83. The molecule has 2 atom stereocenters. The van der Waals surface area contributed by atoms with E-state index in [0.717, 1.165) is 10.8 Å². The zero-order chi connectivity index (χ0) is 24.6. The fourth-order valence-electron chi connectivity index (χ4n) is 4.72. The van der Waals surface area contributed by atoms with Crippen molar-refractivity contribution in [3.05, 3.63) is 41.4 Å². The Hall–Kier alpha value is -2.49. The van der Waals surface area contributed by atoms with E-state index in [2.05, 4.69) is 4.72 Å². The zero-order valence-corrected chi connectivity index (χ0v) is 20.7. The highest BCUT2D eigenvalue weighted by Gasteiger charge is 2.40. The number of nitrogens with zero attached hydrogens (tertiary/aromatic N) is 2. The molecular weight excluding hydrogens is 478 g/mol. The first-order valence-corrected chi connectivity index (χ1v) is 13.2. The average molecular weight is 506 g/mol. The van der Waals surface area contributed by atoms with Crippen LogP contribution in [0, 0.1) is 5.92 Å². The van der Waals surface area contributed by atoms with Gasteiger partial charge >= 0.3 is 0 Å². The van der Waals surface area contributed by atoms with Crippen molar-refractivity contribution < 1.29 is 22.8 Å². The minimum atomic E-state index is -3.94. The van der Waals surface area contributed by atoms with Crippen molar-refractivity contribution in [1.82, 2.24) is 14.5 Å². The molecular formula is C24H28ClN3O5S. The summed E-state index contributed by atoms with van der Waals surface area (Å²) in [6, 6.07) is 8.26. The summed E-state index contributed by atoms with van der Waals surface area (Å²) < 4.78 is 28.5. The number of hydrogen-bond donors (Lipinski definition) is 1. The van der Waals surface area contributed by atoms with Crippen LogP contribution >= 0.6 is 11.6 Å². The second kappa shape index (κ2) is 9.64. The number of hydrogen-bond acceptors (Lipinski definition) is 5. The SMILES string of the molecule is CC(=O)C1CCN(C(=O)[C@H](C)N2CC[C@H](NS(=O)(=O)c3ccc4cc(Cl)ccc4c3)C2=O)CC1. The number of amides is 2. The number of fused-ring (bicyclic) bond motifs is 1. The number of carbonyl (C=O) groups excluding carboxylic acids is 3. The molecule has 0 unspecified atom stereocenters. The van der Waals surface area contributed by atoms with Gasteiger partial charge in [0, 0.05) is 30.6 Å². The molecule has 2 heterocycles. The van der Waals surface area contributed by atoms with Gasteiger partial charge in [0.25, 0.3) is 0 Å². The topological polar surface area (TPSA) is 104 Å². The molecule has 182 valence electrons. The molecule has 8 nitrogen and oxygen atoms in total. The van der Waals surface area contributed by atoms with Crippen LogP contribution in [0.25, 0.3) is 10.8 Å². The molecule has 10 heteroatoms. The maximum atomic E-state index is 13.0. The van der Waals surface area contributed by atoms with Crippen LogP contribution in [0.2, 0.25) is 5.02 Å². The molecule has 34 heavy (non-hydrogen) atoms. The van der Waals surface area contributed by atoms with Crippen LogP contribution in [0.5, 0.6) is 0 Å². The molecule has 0 bridgehead atoms. The van der Waals surface area contributed by atoms with Crippen LogP contribution in [0.1, 0.15) is 33.1 Å². The van der Waals surface area contributed by atoms with Crippen molar-refractivity contribution in [3.63, 3.8) is 0 Å². The van der Waals surface area contributed by atoms with E-state index in [4.69, 9.17) is 11.6 Å². The van der Waals surface area contributed by atoms with Gasteiger partial charge < -0.3 is 9.80 Å². The van der Waals surface area contributed by atoms with Crippen molar-refractivity contribution in [2.45, 2.75) is 50.1 Å². The molecule has 0 saturated carbocycles. The molecule has 0 radical (unpaired) electrons. The number of nitrogens with one attached hydrogen (secondary N) is 1. The van der Waals surface area contributed by atoms with Crippen molar-refractivity contribution in [2.24, 2.45) is 5.92 Å². The molecule has 2 saturated heterocycles. The van der Waals surface area contributed by atoms with Crippen LogP contribution in [-0.2, 0) is 24.4 Å². The first-order valence-electron chi connectivity index (χ1n) is 11.4. The van der Waals surface area contributed by atoms with E-state index in [1.807, 2.05) is 0 Å². The molecule has 2 fully saturated rings. The summed E-state index contributed by atoms with van der Waals surface area (Å²) in [4.78, 5) is 40.7. The van der Waals surface area contributed by atoms with Gasteiger partial charge in [-0.1, -0.05) is 23.7 Å². The van der Waals surface area contributed by atoms with Crippen molar-refractivity contribution >= 4 is 50.0 Å². The first-order chi connectivity index (χ1) is 16.1. The molecule has 2 aliphatic heterocycles. The molecule has 4 rings (SSSR count). The summed E-state index contributed by atoms with van der Waals surface area (Å²) in [6.07, 6.45) is 1.54. The lowest BCUT2D eigenvalue weighted by Gasteiger charge is -2.35. The normalized spacial score (nSPS) is 20.7. The molecule has 2 aromatic carbocycles. The standard InChI is InChI=1S/C24H28ClN3O5S/c1-15(23(30)27-10-7-17(8-11-27)16(2)29)28-12-9-22(24(28)31)26-34(32,33)21-6-4-18-13-20(25)5-3-19(18)14-21/h3-6,13-15,17,22,26H,7-12H2,1-2H3/t15-,22-/m0/s1. The Morgan fingerprint density at radius 2 is 1.68 bits per heavy atom. The van der Waals surface area contributed by atoms with Crippen LogP contribution < -0.4 is 4.72 Å². The van der Waals surface area contributed by atoms with Crippen molar-refractivity contribution in [1.29, 1.82) is 0 Å². The fourth-order valence-corrected chi connectivity index (χ4v) is 6.16. The minimum Gasteiger partial charge on any atom is -0.341 e. The van der Waals surface area contributed by atoms with E-state index in [-0.39, 0.29) is 28.9 Å². The van der Waals surface area contributed by atoms with Crippen molar-refractivity contribution in [2.75, 3.05) is 19.6 Å². The highest BCUT2D eigenvalue weighted by atomic mass is 35.5. The summed E-state index contributed by atoms with van der Waals surface area (Å²) in [6.45, 7) is 4.50. The number of likely N-dealkylation sites (tertiary alicyclic amines) is 2. The largest absolute Gasteiger partial charge is 0.341 e. The molecule has 0 aliphatic carbocycles. The average Bonchev–Trinajstić information content (AvgIpc) is 3.17. The second-order valence-electron chi connectivity index (χ2n) is 9.03. The molecule has 0 spiro atoms. The molecule has 2 aromatic rings. The van der Waals surface area contributed by atoms with Crippen LogP contribution in [0.15, 0.2) is 41.3 Å². The second-order valence-corrected chi connectivity index (χ2v) is 11.2. The lowest BCUT2D eigenvalue weighted by atomic mass is 9.93. The maximum Gasteiger partial charge on any atom is 0.245 e. The predicted molar refractivity (Wildman–Crippen MR) is 129 cm³/mol. The number of Topliss-reactive ketones (excluding diaryl/α,β-unsaturated/α-hetero) is 1. The Morgan fingerprint density at radius 3 is 2.35 bits per heavy atom. The van der Waals surface area contributed by atoms with E-state index in [0.29, 0.717) is 37.5 Å². The Morgan fingerprint density at radius 1 is 1.03 bits per heavy atom. The fraction of sp³-hybridized carbons (Fsp3) is 0.458. The van der Waals surface area contributed by atoms with Gasteiger partial charge in [0.15, 0.2) is 0 Å². The number of piperidine rings is 1. The van der Waals surface area contributed by atoms with Gasteiger partial charge in [-0.05, 0) is 68.1 Å².